The zero-order chi connectivity index (χ0) is 35.2. The molecule has 0 atom stereocenters. The van der Waals surface area contributed by atoms with Crippen molar-refractivity contribution in [3.8, 4) is 0 Å². The van der Waals surface area contributed by atoms with Gasteiger partial charge in [0, 0.05) is 0 Å². The van der Waals surface area contributed by atoms with Crippen molar-refractivity contribution < 1.29 is 24.5 Å². The van der Waals surface area contributed by atoms with Crippen LogP contribution in [-0.2, 0) is 14.3 Å². The van der Waals surface area contributed by atoms with E-state index in [1.54, 1.807) is 0 Å². The molecule has 0 aromatic rings. The lowest BCUT2D eigenvalue weighted by Gasteiger charge is -2.33. The Morgan fingerprint density at radius 2 is 0.691 bits per heavy atom. The van der Waals surface area contributed by atoms with E-state index in [9.17, 15) is 9.59 Å². The second-order valence-electron chi connectivity index (χ2n) is 18.7. The average molecular weight is 783 g/mol. The summed E-state index contributed by atoms with van der Waals surface area (Å²) < 4.78 is 5.84. The van der Waals surface area contributed by atoms with Crippen LogP contribution in [0.2, 0.25) is 0 Å². The van der Waals surface area contributed by atoms with E-state index in [2.05, 4.69) is 27.7 Å². The molecular weight excluding hydrogens is 681 g/mol. The van der Waals surface area contributed by atoms with E-state index in [1.165, 1.54) is 103 Å². The molecule has 55 heavy (non-hydrogen) atoms. The molecule has 0 heterocycles. The summed E-state index contributed by atoms with van der Waals surface area (Å²) in [6.45, 7) is 9.34. The molecule has 0 unspecified atom stereocenters. The van der Waals surface area contributed by atoms with Crippen LogP contribution in [0, 0.1) is 59.2 Å². The number of rotatable bonds is 7. The van der Waals surface area contributed by atoms with Gasteiger partial charge in [-0.2, -0.15) is 0 Å². The van der Waals surface area contributed by atoms with Crippen molar-refractivity contribution in [3.63, 3.8) is 0 Å². The molecule has 5 nitrogen and oxygen atoms in total. The third-order valence-corrected chi connectivity index (χ3v) is 14.2. The third-order valence-electron chi connectivity index (χ3n) is 14.2. The third kappa shape index (κ3) is 22.0. The van der Waals surface area contributed by atoms with Crippen LogP contribution in [0.3, 0.4) is 0 Å². The molecule has 0 aliphatic heterocycles. The molecule has 0 amide bonds. The maximum absolute atomic E-state index is 12.5. The Hall–Kier alpha value is -1.10. The predicted octanol–water partition coefficient (Wildman–Crippen LogP) is 15.6. The van der Waals surface area contributed by atoms with Crippen LogP contribution in [0.25, 0.3) is 0 Å². The van der Waals surface area contributed by atoms with E-state index in [-0.39, 0.29) is 74.6 Å². The first-order valence-electron chi connectivity index (χ1n) is 21.6. The highest BCUT2D eigenvalue weighted by Crippen LogP contribution is 2.40. The summed E-state index contributed by atoms with van der Waals surface area (Å²) in [7, 11) is 0. The Bertz CT molecular complexity index is 892. The van der Waals surface area contributed by atoms with Gasteiger partial charge in [0.2, 0.25) is 0 Å². The lowest BCUT2D eigenvalue weighted by molar-refractivity contribution is -0.157. The van der Waals surface area contributed by atoms with Gasteiger partial charge in [-0.05, 0) is 163 Å². The molecule has 332 valence electrons. The summed E-state index contributed by atoms with van der Waals surface area (Å²) in [5.41, 5.74) is 0. The highest BCUT2D eigenvalue weighted by atomic mass is 16.5. The van der Waals surface area contributed by atoms with Crippen LogP contribution in [0.4, 0.5) is 0 Å². The minimum Gasteiger partial charge on any atom is -0.481 e. The van der Waals surface area contributed by atoms with Gasteiger partial charge < -0.3 is 14.9 Å². The van der Waals surface area contributed by atoms with Gasteiger partial charge in [0.25, 0.3) is 0 Å². The predicted molar refractivity (Wildman–Crippen MR) is 242 cm³/mol. The maximum atomic E-state index is 12.5. The number of hydrogen-bond acceptors (Lipinski definition) is 4. The van der Waals surface area contributed by atoms with E-state index in [0.717, 1.165) is 112 Å². The number of ether oxygens (including phenoxy) is 1. The number of aliphatic hydroxyl groups is 1. The molecule has 0 spiro atoms. The Labute approximate surface area is 346 Å². The molecule has 6 fully saturated rings. The SMILES string of the molecule is C.C.C.C.C.C.CC1CCC(CC2CCC(C(=O)O)CC2)CC1.CC1CCC(CC2CCC(C(=O)OC3CCC(C)CC3)CC2)CC1.CC1CCC(O)CC1. The normalized spacial score (nSPS) is 35.7. The number of carboxylic acid groups (broad SMARTS) is 1. The van der Waals surface area contributed by atoms with Crippen LogP contribution >= 0.6 is 0 Å². The molecule has 0 aromatic carbocycles. The number of carbonyl (C=O) groups is 2. The number of carbonyl (C=O) groups excluding carboxylic acids is 1. The van der Waals surface area contributed by atoms with E-state index < -0.39 is 5.97 Å². The number of carboxylic acids is 1. The Balaban J connectivity index is -0.000000771. The van der Waals surface area contributed by atoms with E-state index in [1.807, 2.05) is 0 Å². The highest BCUT2D eigenvalue weighted by molar-refractivity contribution is 5.72. The van der Waals surface area contributed by atoms with E-state index in [0.29, 0.717) is 0 Å². The van der Waals surface area contributed by atoms with Crippen molar-refractivity contribution in [2.45, 2.75) is 251 Å². The van der Waals surface area contributed by atoms with E-state index >= 15 is 0 Å². The molecule has 6 aliphatic carbocycles. The zero-order valence-electron chi connectivity index (χ0n) is 32.4. The largest absolute Gasteiger partial charge is 0.481 e. The van der Waals surface area contributed by atoms with Gasteiger partial charge in [-0.3, -0.25) is 9.59 Å². The lowest BCUT2D eigenvalue weighted by atomic mass is 9.73. The molecule has 6 saturated carbocycles. The molecule has 0 bridgehead atoms. The second-order valence-corrected chi connectivity index (χ2v) is 18.7. The lowest BCUT2D eigenvalue weighted by Crippen LogP contribution is -2.30. The summed E-state index contributed by atoms with van der Waals surface area (Å²) in [6, 6.07) is 0. The molecule has 0 saturated heterocycles. The smallest absolute Gasteiger partial charge is 0.309 e. The monoisotopic (exact) mass is 783 g/mol. The first-order valence-corrected chi connectivity index (χ1v) is 21.6. The van der Waals surface area contributed by atoms with Gasteiger partial charge in [0.15, 0.2) is 0 Å². The summed E-state index contributed by atoms with van der Waals surface area (Å²) in [4.78, 5) is 23.3. The molecule has 0 aromatic heterocycles. The Kier molecular flexibility index (Phi) is 32.7. The van der Waals surface area contributed by atoms with Gasteiger partial charge in [-0.25, -0.2) is 0 Å². The van der Waals surface area contributed by atoms with Crippen molar-refractivity contribution in [3.05, 3.63) is 0 Å². The number of aliphatic hydroxyl groups excluding tert-OH is 1. The Morgan fingerprint density at radius 1 is 0.418 bits per heavy atom. The van der Waals surface area contributed by atoms with Crippen molar-refractivity contribution >= 4 is 11.9 Å². The maximum Gasteiger partial charge on any atom is 0.309 e. The highest BCUT2D eigenvalue weighted by Gasteiger charge is 2.32. The van der Waals surface area contributed by atoms with Crippen molar-refractivity contribution in [2.75, 3.05) is 0 Å². The zero-order valence-corrected chi connectivity index (χ0v) is 32.4. The van der Waals surface area contributed by atoms with Gasteiger partial charge in [-0.1, -0.05) is 124 Å². The molecule has 6 aliphatic rings. The van der Waals surface area contributed by atoms with Gasteiger partial charge >= 0.3 is 11.9 Å². The number of esters is 1. The fourth-order valence-corrected chi connectivity index (χ4v) is 10.2. The first-order chi connectivity index (χ1) is 23.5. The summed E-state index contributed by atoms with van der Waals surface area (Å²) in [5.74, 6) is 6.89. The second kappa shape index (κ2) is 30.9. The molecule has 5 heteroatoms. The quantitative estimate of drug-likeness (QED) is 0.251. The van der Waals surface area contributed by atoms with Crippen LogP contribution in [0.5, 0.6) is 0 Å². The number of aliphatic carboxylic acids is 1. The molecule has 0 radical (unpaired) electrons. The Morgan fingerprint density at radius 3 is 1.00 bits per heavy atom. The fraction of sp³-hybridized carbons (Fsp3) is 0.960. The average Bonchev–Trinajstić information content (AvgIpc) is 3.10. The summed E-state index contributed by atoms with van der Waals surface area (Å²) in [5, 5.41) is 18.0. The van der Waals surface area contributed by atoms with Crippen LogP contribution in [-0.4, -0.2) is 34.4 Å². The molecular formula is C50H102O5. The minimum atomic E-state index is -0.574. The number of hydrogen-bond donors (Lipinski definition) is 2. The fourth-order valence-electron chi connectivity index (χ4n) is 10.2. The standard InChI is InChI=1S/C22H38O2.C15H26O2.C7H14O.6CH4/c1-16-3-7-18(8-4-16)15-19-9-11-20(12-10-19)22(23)24-21-13-5-17(2)6-14-21;1-11-2-4-12(5-3-11)10-13-6-8-14(9-7-13)15(16)17;1-6-2-4-7(8)5-3-6;;;;;;/h16-21H,3-15H2,1-2H3;11-14H,2-10H2,1H3,(H,16,17);6-8H,2-5H2,1H3;6*1H4. The van der Waals surface area contributed by atoms with Crippen molar-refractivity contribution in [1.82, 2.24) is 0 Å². The van der Waals surface area contributed by atoms with Crippen LogP contribution in [0.1, 0.15) is 239 Å². The van der Waals surface area contributed by atoms with Crippen molar-refractivity contribution in [2.24, 2.45) is 59.2 Å². The van der Waals surface area contributed by atoms with Gasteiger partial charge in [-0.15, -0.1) is 0 Å². The van der Waals surface area contributed by atoms with Gasteiger partial charge in [0.1, 0.15) is 6.10 Å². The molecule has 6 rings (SSSR count). The van der Waals surface area contributed by atoms with Gasteiger partial charge in [0.05, 0.1) is 17.9 Å². The summed E-state index contributed by atoms with van der Waals surface area (Å²) in [6.07, 6.45) is 32.4. The van der Waals surface area contributed by atoms with Crippen molar-refractivity contribution in [1.29, 1.82) is 0 Å². The van der Waals surface area contributed by atoms with E-state index in [4.69, 9.17) is 14.9 Å². The minimum absolute atomic E-state index is 0. The van der Waals surface area contributed by atoms with Crippen LogP contribution in [0.15, 0.2) is 0 Å². The van der Waals surface area contributed by atoms with Crippen LogP contribution < -0.4 is 0 Å². The molecule has 2 N–H and O–H groups in total. The first kappa shape index (κ1) is 58.2. The summed E-state index contributed by atoms with van der Waals surface area (Å²) >= 11 is 0. The topological polar surface area (TPSA) is 83.8 Å².